The van der Waals surface area contributed by atoms with Crippen LogP contribution in [0, 0.1) is 5.92 Å². The average Bonchev–Trinajstić information content (AvgIpc) is 2.83. The Kier molecular flexibility index (Phi) is 4.55. The minimum absolute atomic E-state index is 0.142. The van der Waals surface area contributed by atoms with Gasteiger partial charge in [0.25, 0.3) is 0 Å². The minimum atomic E-state index is -0.142. The molecule has 2 rings (SSSR count). The van der Waals surface area contributed by atoms with Crippen LogP contribution in [0.1, 0.15) is 33.1 Å². The van der Waals surface area contributed by atoms with Gasteiger partial charge in [-0.15, -0.1) is 0 Å². The summed E-state index contributed by atoms with van der Waals surface area (Å²) in [5.74, 6) is 0.376. The number of hydrogen-bond donors (Lipinski definition) is 1. The van der Waals surface area contributed by atoms with Gasteiger partial charge < -0.3 is 5.32 Å². The zero-order chi connectivity index (χ0) is 13.7. The molecule has 1 aromatic carbocycles. The predicted octanol–water partition coefficient (Wildman–Crippen LogP) is 3.71. The predicted molar refractivity (Wildman–Crippen MR) is 78.3 cm³/mol. The Balaban J connectivity index is 2.04. The van der Waals surface area contributed by atoms with Gasteiger partial charge in [0.05, 0.1) is 6.04 Å². The Bertz CT molecular complexity index is 444. The highest BCUT2D eigenvalue weighted by molar-refractivity contribution is 5.90. The van der Waals surface area contributed by atoms with Crippen molar-refractivity contribution < 1.29 is 4.79 Å². The number of amides is 2. The summed E-state index contributed by atoms with van der Waals surface area (Å²) in [6, 6.07) is 9.54. The van der Waals surface area contributed by atoms with E-state index in [4.69, 9.17) is 0 Å². The molecule has 0 radical (unpaired) electrons. The second kappa shape index (κ2) is 6.36. The molecule has 0 saturated heterocycles. The summed E-state index contributed by atoms with van der Waals surface area (Å²) in [5, 5.41) is 8.77. The van der Waals surface area contributed by atoms with Gasteiger partial charge in [-0.3, -0.25) is 0 Å². The van der Waals surface area contributed by atoms with E-state index >= 15 is 0 Å². The lowest BCUT2D eigenvalue weighted by atomic mass is 9.95. The zero-order valence-corrected chi connectivity index (χ0v) is 11.5. The maximum atomic E-state index is 12.3. The summed E-state index contributed by atoms with van der Waals surface area (Å²) in [6.07, 6.45) is 4.97. The van der Waals surface area contributed by atoms with Gasteiger partial charge in [0.1, 0.15) is 0 Å². The number of carbonyl (C=O) groups is 1. The van der Waals surface area contributed by atoms with Crippen molar-refractivity contribution in [3.05, 3.63) is 30.3 Å². The molecule has 2 unspecified atom stereocenters. The largest absolute Gasteiger partial charge is 0.342 e. The lowest BCUT2D eigenvalue weighted by molar-refractivity contribution is 0.184. The van der Waals surface area contributed by atoms with Gasteiger partial charge in [0.15, 0.2) is 0 Å². The zero-order valence-electron chi connectivity index (χ0n) is 11.5. The first-order valence-electron chi connectivity index (χ1n) is 6.95. The summed E-state index contributed by atoms with van der Waals surface area (Å²) in [4.78, 5) is 12.3. The van der Waals surface area contributed by atoms with Gasteiger partial charge in [0.2, 0.25) is 0 Å². The van der Waals surface area contributed by atoms with Crippen molar-refractivity contribution in [3.63, 3.8) is 0 Å². The number of nitrogens with one attached hydrogen (secondary N) is 1. The maximum Gasteiger partial charge on any atom is 0.342 e. The summed E-state index contributed by atoms with van der Waals surface area (Å²) in [6.45, 7) is 4.27. The summed E-state index contributed by atoms with van der Waals surface area (Å²) in [7, 11) is 0. The quantitative estimate of drug-likeness (QED) is 0.880. The van der Waals surface area contributed by atoms with Gasteiger partial charge in [-0.2, -0.15) is 5.10 Å². The SMILES string of the molecule is CCCC1C(CC)C=NN1C(=O)Nc1ccccc1. The van der Waals surface area contributed by atoms with Crippen molar-refractivity contribution in [1.29, 1.82) is 0 Å². The molecule has 4 heteroatoms. The third-order valence-electron chi connectivity index (χ3n) is 3.48. The Morgan fingerprint density at radius 2 is 2.05 bits per heavy atom. The Hall–Kier alpha value is -1.84. The molecule has 1 aromatic rings. The number of urea groups is 1. The molecule has 4 nitrogen and oxygen atoms in total. The fraction of sp³-hybridized carbons (Fsp3) is 0.467. The lowest BCUT2D eigenvalue weighted by Crippen LogP contribution is -2.39. The van der Waals surface area contributed by atoms with Crippen LogP contribution in [0.25, 0.3) is 0 Å². The van der Waals surface area contributed by atoms with Crippen LogP contribution in [0.3, 0.4) is 0 Å². The Morgan fingerprint density at radius 1 is 1.32 bits per heavy atom. The van der Waals surface area contributed by atoms with Crippen molar-refractivity contribution in [2.24, 2.45) is 11.0 Å². The van der Waals surface area contributed by atoms with Crippen molar-refractivity contribution in [2.75, 3.05) is 5.32 Å². The Morgan fingerprint density at radius 3 is 2.68 bits per heavy atom. The lowest BCUT2D eigenvalue weighted by Gasteiger charge is -2.25. The molecular weight excluding hydrogens is 238 g/mol. The van der Waals surface area contributed by atoms with Crippen LogP contribution >= 0.6 is 0 Å². The molecule has 0 spiro atoms. The first-order chi connectivity index (χ1) is 9.26. The molecule has 1 aliphatic rings. The van der Waals surface area contributed by atoms with Crippen LogP contribution in [0.4, 0.5) is 10.5 Å². The fourth-order valence-electron chi connectivity index (χ4n) is 2.44. The monoisotopic (exact) mass is 259 g/mol. The number of anilines is 1. The number of benzene rings is 1. The van der Waals surface area contributed by atoms with Gasteiger partial charge >= 0.3 is 6.03 Å². The van der Waals surface area contributed by atoms with Crippen LogP contribution in [0.2, 0.25) is 0 Å². The maximum absolute atomic E-state index is 12.3. The molecular formula is C15H21N3O. The second-order valence-corrected chi connectivity index (χ2v) is 4.83. The second-order valence-electron chi connectivity index (χ2n) is 4.83. The van der Waals surface area contributed by atoms with Crippen molar-refractivity contribution in [3.8, 4) is 0 Å². The molecule has 1 N–H and O–H groups in total. The van der Waals surface area contributed by atoms with Gasteiger partial charge in [-0.1, -0.05) is 38.5 Å². The van der Waals surface area contributed by atoms with Crippen molar-refractivity contribution in [1.82, 2.24) is 5.01 Å². The summed E-state index contributed by atoms with van der Waals surface area (Å²) < 4.78 is 0. The van der Waals surface area contributed by atoms with Crippen molar-refractivity contribution >= 4 is 17.9 Å². The van der Waals surface area contributed by atoms with Crippen molar-refractivity contribution in [2.45, 2.75) is 39.2 Å². The number of carbonyl (C=O) groups excluding carboxylic acids is 1. The molecule has 2 amide bonds. The number of hydrazone groups is 1. The van der Waals surface area contributed by atoms with E-state index in [0.717, 1.165) is 24.9 Å². The van der Waals surface area contributed by atoms with Crippen LogP contribution in [-0.2, 0) is 0 Å². The van der Waals surface area contributed by atoms with Gasteiger partial charge in [0, 0.05) is 17.8 Å². The molecule has 0 saturated carbocycles. The molecule has 1 aliphatic heterocycles. The van der Waals surface area contributed by atoms with Crippen LogP contribution < -0.4 is 5.32 Å². The molecule has 0 bridgehead atoms. The molecule has 0 aliphatic carbocycles. The van der Waals surface area contributed by atoms with E-state index in [1.807, 2.05) is 36.5 Å². The standard InChI is InChI=1S/C15H21N3O/c1-3-8-14-12(4-2)11-16-18(14)15(19)17-13-9-6-5-7-10-13/h5-7,9-12,14H,3-4,8H2,1-2H3,(H,17,19). The highest BCUT2D eigenvalue weighted by Gasteiger charge is 2.33. The minimum Gasteiger partial charge on any atom is -0.306 e. The number of para-hydroxylation sites is 1. The van der Waals surface area contributed by atoms with E-state index in [-0.39, 0.29) is 12.1 Å². The first-order valence-corrected chi connectivity index (χ1v) is 6.95. The number of nitrogens with zero attached hydrogens (tertiary/aromatic N) is 2. The fourth-order valence-corrected chi connectivity index (χ4v) is 2.44. The highest BCUT2D eigenvalue weighted by atomic mass is 16.2. The number of hydrogen-bond acceptors (Lipinski definition) is 2. The van der Waals surface area contributed by atoms with E-state index in [2.05, 4.69) is 24.3 Å². The molecule has 1 heterocycles. The average molecular weight is 259 g/mol. The molecule has 102 valence electrons. The summed E-state index contributed by atoms with van der Waals surface area (Å²) in [5.41, 5.74) is 0.804. The Labute approximate surface area is 114 Å². The van der Waals surface area contributed by atoms with E-state index in [0.29, 0.717) is 5.92 Å². The van der Waals surface area contributed by atoms with Gasteiger partial charge in [-0.05, 0) is 25.0 Å². The van der Waals surface area contributed by atoms with Crippen LogP contribution in [-0.4, -0.2) is 23.3 Å². The normalized spacial score (nSPS) is 21.7. The molecule has 2 atom stereocenters. The molecule has 19 heavy (non-hydrogen) atoms. The third kappa shape index (κ3) is 3.13. The van der Waals surface area contributed by atoms with E-state index < -0.39 is 0 Å². The van der Waals surface area contributed by atoms with E-state index in [1.165, 1.54) is 0 Å². The van der Waals surface area contributed by atoms with Crippen LogP contribution in [0.15, 0.2) is 35.4 Å². The smallest absolute Gasteiger partial charge is 0.306 e. The van der Waals surface area contributed by atoms with E-state index in [9.17, 15) is 4.79 Å². The molecule has 0 aromatic heterocycles. The van der Waals surface area contributed by atoms with Gasteiger partial charge in [-0.25, -0.2) is 9.80 Å². The number of rotatable bonds is 4. The topological polar surface area (TPSA) is 44.7 Å². The third-order valence-corrected chi connectivity index (χ3v) is 3.48. The molecule has 0 fully saturated rings. The van der Waals surface area contributed by atoms with Crippen LogP contribution in [0.5, 0.6) is 0 Å². The first kappa shape index (κ1) is 13.6. The van der Waals surface area contributed by atoms with E-state index in [1.54, 1.807) is 5.01 Å². The summed E-state index contributed by atoms with van der Waals surface area (Å²) >= 11 is 0. The highest BCUT2D eigenvalue weighted by Crippen LogP contribution is 2.25.